The summed E-state index contributed by atoms with van der Waals surface area (Å²) >= 11 is 1.40. The van der Waals surface area contributed by atoms with Crippen LogP contribution in [-0.2, 0) is 14.8 Å². The van der Waals surface area contributed by atoms with E-state index in [2.05, 4.69) is 5.16 Å². The zero-order chi connectivity index (χ0) is 21.6. The molecule has 10 heteroatoms. The Kier molecular flexibility index (Phi) is 5.43. The molecule has 160 valence electrons. The molecule has 30 heavy (non-hydrogen) atoms. The second-order valence-corrected chi connectivity index (χ2v) is 10.3. The predicted molar refractivity (Wildman–Crippen MR) is 113 cm³/mol. The third-order valence-corrected chi connectivity index (χ3v) is 8.44. The van der Waals surface area contributed by atoms with Gasteiger partial charge >= 0.3 is 0 Å². The van der Waals surface area contributed by atoms with E-state index < -0.39 is 16.1 Å². The maximum absolute atomic E-state index is 13.3. The molecule has 0 N–H and O–H groups in total. The predicted octanol–water partition coefficient (Wildman–Crippen LogP) is 2.97. The minimum atomic E-state index is -3.80. The van der Waals surface area contributed by atoms with Gasteiger partial charge in [0.15, 0.2) is 5.76 Å². The molecule has 4 rings (SSSR count). The standard InChI is InChI=1S/C20H23N3O5S2/c1-12-19(13(2)28-21-12)30(25,26)23-9-10-27-15(11-23)17-14-7-5-6-8-16(14)29-18(17)20(24)22(3)4/h5-8,15H,9-11H2,1-4H3/t15-/m1/s1. The second kappa shape index (κ2) is 7.77. The van der Waals surface area contributed by atoms with Crippen LogP contribution in [-0.4, -0.2) is 62.5 Å². The van der Waals surface area contributed by atoms with Gasteiger partial charge in [0, 0.05) is 37.4 Å². The number of ether oxygens (including phenoxy) is 1. The van der Waals surface area contributed by atoms with Gasteiger partial charge in [0.25, 0.3) is 5.91 Å². The van der Waals surface area contributed by atoms with Crippen molar-refractivity contribution in [2.45, 2.75) is 24.8 Å². The summed E-state index contributed by atoms with van der Waals surface area (Å²) in [6.07, 6.45) is -0.552. The van der Waals surface area contributed by atoms with Crippen LogP contribution in [0.1, 0.15) is 32.8 Å². The van der Waals surface area contributed by atoms with Crippen LogP contribution in [0.15, 0.2) is 33.7 Å². The van der Waals surface area contributed by atoms with Gasteiger partial charge in [-0.05, 0) is 25.3 Å². The quantitative estimate of drug-likeness (QED) is 0.608. The summed E-state index contributed by atoms with van der Waals surface area (Å²) in [4.78, 5) is 15.1. The Morgan fingerprint density at radius 1 is 1.27 bits per heavy atom. The molecule has 1 aliphatic rings. The molecule has 3 heterocycles. The van der Waals surface area contributed by atoms with Crippen molar-refractivity contribution in [3.8, 4) is 0 Å². The van der Waals surface area contributed by atoms with E-state index in [1.54, 1.807) is 27.9 Å². The van der Waals surface area contributed by atoms with Crippen LogP contribution >= 0.6 is 11.3 Å². The first kappa shape index (κ1) is 21.0. The number of carbonyl (C=O) groups excluding carboxylic acids is 1. The zero-order valence-corrected chi connectivity index (χ0v) is 18.8. The number of morpholine rings is 1. The summed E-state index contributed by atoms with van der Waals surface area (Å²) in [6, 6.07) is 7.72. The Balaban J connectivity index is 1.76. The summed E-state index contributed by atoms with van der Waals surface area (Å²) in [5.41, 5.74) is 1.08. The average molecular weight is 450 g/mol. The number of sulfonamides is 1. The minimum absolute atomic E-state index is 0.0999. The van der Waals surface area contributed by atoms with E-state index in [4.69, 9.17) is 9.26 Å². The van der Waals surface area contributed by atoms with Gasteiger partial charge in [0.2, 0.25) is 10.0 Å². The first-order chi connectivity index (χ1) is 14.2. The van der Waals surface area contributed by atoms with Crippen molar-refractivity contribution in [3.63, 3.8) is 0 Å². The fourth-order valence-electron chi connectivity index (χ4n) is 3.74. The fraction of sp³-hybridized carbons (Fsp3) is 0.400. The van der Waals surface area contributed by atoms with Crippen molar-refractivity contribution < 1.29 is 22.5 Å². The van der Waals surface area contributed by atoms with Crippen molar-refractivity contribution in [2.75, 3.05) is 33.8 Å². The van der Waals surface area contributed by atoms with Crippen LogP contribution < -0.4 is 0 Å². The highest BCUT2D eigenvalue weighted by atomic mass is 32.2. The smallest absolute Gasteiger partial charge is 0.263 e. The van der Waals surface area contributed by atoms with Gasteiger partial charge < -0.3 is 14.2 Å². The third-order valence-electron chi connectivity index (χ3n) is 5.15. The highest BCUT2D eigenvalue weighted by Gasteiger charge is 2.37. The van der Waals surface area contributed by atoms with E-state index in [1.807, 2.05) is 24.3 Å². The highest BCUT2D eigenvalue weighted by molar-refractivity contribution is 7.89. The van der Waals surface area contributed by atoms with E-state index in [-0.39, 0.29) is 36.3 Å². The molecule has 0 radical (unpaired) electrons. The lowest BCUT2D eigenvalue weighted by Gasteiger charge is -2.32. The molecule has 1 aromatic carbocycles. The fourth-order valence-corrected chi connectivity index (χ4v) is 6.73. The van der Waals surface area contributed by atoms with Crippen molar-refractivity contribution in [3.05, 3.63) is 46.2 Å². The van der Waals surface area contributed by atoms with Crippen LogP contribution in [0, 0.1) is 13.8 Å². The number of fused-ring (bicyclic) bond motifs is 1. The normalized spacial score (nSPS) is 18.1. The zero-order valence-electron chi connectivity index (χ0n) is 17.2. The van der Waals surface area contributed by atoms with Gasteiger partial charge in [0.1, 0.15) is 10.6 Å². The lowest BCUT2D eigenvalue weighted by Crippen LogP contribution is -2.42. The third kappa shape index (κ3) is 3.43. The molecule has 0 saturated carbocycles. The number of rotatable bonds is 4. The molecular weight excluding hydrogens is 426 g/mol. The summed E-state index contributed by atoms with van der Waals surface area (Å²) < 4.78 is 40.0. The Morgan fingerprint density at radius 2 is 2.00 bits per heavy atom. The van der Waals surface area contributed by atoms with E-state index in [0.29, 0.717) is 10.6 Å². The molecule has 0 spiro atoms. The Hall–Kier alpha value is -2.27. The van der Waals surface area contributed by atoms with Gasteiger partial charge in [-0.3, -0.25) is 4.79 Å². The van der Waals surface area contributed by atoms with Crippen LogP contribution in [0.2, 0.25) is 0 Å². The van der Waals surface area contributed by atoms with Crippen molar-refractivity contribution in [1.82, 2.24) is 14.4 Å². The topological polar surface area (TPSA) is 93.0 Å². The largest absolute Gasteiger partial charge is 0.371 e. The SMILES string of the molecule is Cc1noc(C)c1S(=O)(=O)N1CCO[C@@H](c2c(C(=O)N(C)C)sc3ccccc23)C1. The maximum Gasteiger partial charge on any atom is 0.263 e. The Labute approximate surface area is 179 Å². The van der Waals surface area contributed by atoms with Crippen molar-refractivity contribution >= 4 is 37.4 Å². The van der Waals surface area contributed by atoms with E-state index in [9.17, 15) is 13.2 Å². The molecule has 0 aliphatic carbocycles. The van der Waals surface area contributed by atoms with Gasteiger partial charge in [-0.15, -0.1) is 11.3 Å². The van der Waals surface area contributed by atoms with Crippen molar-refractivity contribution in [2.24, 2.45) is 0 Å². The lowest BCUT2D eigenvalue weighted by molar-refractivity contribution is -0.00206. The summed E-state index contributed by atoms with van der Waals surface area (Å²) in [5, 5.41) is 4.69. The number of thiophene rings is 1. The Bertz CT molecular complexity index is 1190. The maximum atomic E-state index is 13.3. The molecular formula is C20H23N3O5S2. The number of hydrogen-bond donors (Lipinski definition) is 0. The second-order valence-electron chi connectivity index (χ2n) is 7.42. The van der Waals surface area contributed by atoms with E-state index in [0.717, 1.165) is 15.6 Å². The first-order valence-corrected chi connectivity index (χ1v) is 11.7. The number of amides is 1. The van der Waals surface area contributed by atoms with Gasteiger partial charge in [-0.25, -0.2) is 8.42 Å². The van der Waals surface area contributed by atoms with Crippen LogP contribution in [0.4, 0.5) is 0 Å². The van der Waals surface area contributed by atoms with Gasteiger partial charge in [0.05, 0.1) is 17.6 Å². The molecule has 3 aromatic rings. The molecule has 1 aliphatic heterocycles. The number of hydrogen-bond acceptors (Lipinski definition) is 7. The minimum Gasteiger partial charge on any atom is -0.371 e. The van der Waals surface area contributed by atoms with Crippen LogP contribution in [0.5, 0.6) is 0 Å². The molecule has 8 nitrogen and oxygen atoms in total. The molecule has 2 aromatic heterocycles. The summed E-state index contributed by atoms with van der Waals surface area (Å²) in [5.74, 6) is 0.139. The molecule has 1 fully saturated rings. The van der Waals surface area contributed by atoms with Crippen molar-refractivity contribution in [1.29, 1.82) is 0 Å². The highest BCUT2D eigenvalue weighted by Crippen LogP contribution is 2.39. The average Bonchev–Trinajstić information content (AvgIpc) is 3.27. The number of aromatic nitrogens is 1. The monoisotopic (exact) mass is 449 g/mol. The Morgan fingerprint density at radius 3 is 2.67 bits per heavy atom. The van der Waals surface area contributed by atoms with E-state index >= 15 is 0 Å². The van der Waals surface area contributed by atoms with E-state index in [1.165, 1.54) is 20.5 Å². The molecule has 1 amide bonds. The molecule has 1 atom stereocenters. The number of benzene rings is 1. The van der Waals surface area contributed by atoms with Crippen LogP contribution in [0.3, 0.4) is 0 Å². The van der Waals surface area contributed by atoms with Gasteiger partial charge in [-0.2, -0.15) is 4.31 Å². The number of nitrogens with zero attached hydrogens (tertiary/aromatic N) is 3. The first-order valence-electron chi connectivity index (χ1n) is 9.49. The molecule has 0 unspecified atom stereocenters. The van der Waals surface area contributed by atoms with Gasteiger partial charge in [-0.1, -0.05) is 23.4 Å². The van der Waals surface area contributed by atoms with Crippen LogP contribution in [0.25, 0.3) is 10.1 Å². The molecule has 1 saturated heterocycles. The number of carbonyl (C=O) groups is 1. The number of aryl methyl sites for hydroxylation is 2. The molecule has 0 bridgehead atoms. The lowest BCUT2D eigenvalue weighted by atomic mass is 10.0. The summed E-state index contributed by atoms with van der Waals surface area (Å²) in [7, 11) is -0.400. The summed E-state index contributed by atoms with van der Waals surface area (Å²) in [6.45, 7) is 3.77.